The van der Waals surface area contributed by atoms with Gasteiger partial charge in [0.1, 0.15) is 23.2 Å². The van der Waals surface area contributed by atoms with Crippen molar-refractivity contribution in [2.75, 3.05) is 20.3 Å². The molecule has 1 saturated heterocycles. The predicted octanol–water partition coefficient (Wildman–Crippen LogP) is 1.80. The number of nitrogens with zero attached hydrogens (tertiary/aromatic N) is 2. The fourth-order valence-electron chi connectivity index (χ4n) is 5.21. The van der Waals surface area contributed by atoms with Crippen molar-refractivity contribution in [1.29, 1.82) is 0 Å². The minimum absolute atomic E-state index is 0.0247. The SMILES string of the molecule is COc1cccc2[nH]c(C(=O)N[C@@H](CC(C)C)C(=O)N[C@@H](C[C@@H]3CCNC3=O)C(=O)COC(=O)c3c(C)ncn3C)cc12. The van der Waals surface area contributed by atoms with E-state index in [1.807, 2.05) is 19.9 Å². The summed E-state index contributed by atoms with van der Waals surface area (Å²) in [4.78, 5) is 72.2. The highest BCUT2D eigenvalue weighted by molar-refractivity contribution is 6.02. The maximum Gasteiger partial charge on any atom is 0.357 e. The van der Waals surface area contributed by atoms with Gasteiger partial charge in [-0.2, -0.15) is 0 Å². The number of aryl methyl sites for hydroxylation is 2. The minimum atomic E-state index is -1.12. The molecule has 0 unspecified atom stereocenters. The molecule has 4 rings (SSSR count). The first-order valence-electron chi connectivity index (χ1n) is 14.2. The lowest BCUT2D eigenvalue weighted by Crippen LogP contribution is -2.53. The van der Waals surface area contributed by atoms with Crippen LogP contribution >= 0.6 is 0 Å². The summed E-state index contributed by atoms with van der Waals surface area (Å²) in [5.41, 5.74) is 1.60. The van der Waals surface area contributed by atoms with Gasteiger partial charge in [-0.25, -0.2) is 9.78 Å². The molecule has 13 nitrogen and oxygen atoms in total. The van der Waals surface area contributed by atoms with Crippen molar-refractivity contribution in [3.05, 3.63) is 47.7 Å². The summed E-state index contributed by atoms with van der Waals surface area (Å²) in [6.45, 7) is 5.32. The first kappa shape index (κ1) is 31.3. The second kappa shape index (κ2) is 13.5. The molecule has 1 aromatic carbocycles. The van der Waals surface area contributed by atoms with E-state index in [4.69, 9.17) is 9.47 Å². The zero-order chi connectivity index (χ0) is 31.3. The number of aromatic nitrogens is 3. The Hall–Kier alpha value is -4.68. The predicted molar refractivity (Wildman–Crippen MR) is 156 cm³/mol. The number of imidazole rings is 1. The molecule has 0 bridgehead atoms. The van der Waals surface area contributed by atoms with E-state index >= 15 is 0 Å². The molecule has 0 spiro atoms. The highest BCUT2D eigenvalue weighted by Crippen LogP contribution is 2.26. The third kappa shape index (κ3) is 7.40. The molecule has 0 saturated carbocycles. The second-order valence-corrected chi connectivity index (χ2v) is 11.2. The summed E-state index contributed by atoms with van der Waals surface area (Å²) < 4.78 is 12.1. The Balaban J connectivity index is 1.49. The molecule has 0 radical (unpaired) electrons. The van der Waals surface area contributed by atoms with Crippen LogP contribution in [0.1, 0.15) is 59.8 Å². The lowest BCUT2D eigenvalue weighted by atomic mass is 9.95. The van der Waals surface area contributed by atoms with Crippen LogP contribution in [0.3, 0.4) is 0 Å². The number of ether oxygens (including phenoxy) is 2. The Morgan fingerprint density at radius 1 is 1.16 bits per heavy atom. The molecular formula is C30H38N6O7. The number of esters is 1. The normalized spacial score (nSPS) is 16.0. The van der Waals surface area contributed by atoms with Gasteiger partial charge in [-0.3, -0.25) is 19.2 Å². The van der Waals surface area contributed by atoms with E-state index < -0.39 is 48.2 Å². The maximum absolute atomic E-state index is 13.6. The maximum atomic E-state index is 13.6. The van der Waals surface area contributed by atoms with Crippen molar-refractivity contribution in [1.82, 2.24) is 30.5 Å². The number of hydrogen-bond donors (Lipinski definition) is 4. The van der Waals surface area contributed by atoms with E-state index in [0.717, 1.165) is 5.39 Å². The number of benzene rings is 1. The zero-order valence-electron chi connectivity index (χ0n) is 25.0. The molecule has 3 atom stereocenters. The molecule has 3 amide bonds. The average molecular weight is 595 g/mol. The summed E-state index contributed by atoms with van der Waals surface area (Å²) in [6.07, 6.45) is 2.29. The van der Waals surface area contributed by atoms with Gasteiger partial charge in [-0.1, -0.05) is 19.9 Å². The van der Waals surface area contributed by atoms with Gasteiger partial charge in [0.15, 0.2) is 12.4 Å². The molecule has 13 heteroatoms. The van der Waals surface area contributed by atoms with E-state index in [-0.39, 0.29) is 29.6 Å². The summed E-state index contributed by atoms with van der Waals surface area (Å²) in [5, 5.41) is 8.96. The number of methoxy groups -OCH3 is 1. The summed E-state index contributed by atoms with van der Waals surface area (Å²) in [7, 11) is 3.17. The molecule has 1 aliphatic heterocycles. The smallest absolute Gasteiger partial charge is 0.357 e. The molecule has 1 fully saturated rings. The molecule has 1 aliphatic rings. The molecule has 4 N–H and O–H groups in total. The number of Topliss-reactive ketones (excluding diaryl/α,β-unsaturated/α-hetero) is 1. The fourth-order valence-corrected chi connectivity index (χ4v) is 5.21. The van der Waals surface area contributed by atoms with Crippen LogP contribution in [0, 0.1) is 18.8 Å². The zero-order valence-corrected chi connectivity index (χ0v) is 25.0. The van der Waals surface area contributed by atoms with Crippen molar-refractivity contribution in [2.45, 2.75) is 52.1 Å². The second-order valence-electron chi connectivity index (χ2n) is 11.2. The number of rotatable bonds is 13. The number of fused-ring (bicyclic) bond motifs is 1. The number of aromatic amines is 1. The highest BCUT2D eigenvalue weighted by Gasteiger charge is 2.34. The van der Waals surface area contributed by atoms with Crippen molar-refractivity contribution in [3.8, 4) is 5.75 Å². The molecule has 3 aromatic rings. The Labute approximate surface area is 249 Å². The van der Waals surface area contributed by atoms with E-state index in [2.05, 4.69) is 25.9 Å². The lowest BCUT2D eigenvalue weighted by Gasteiger charge is -2.25. The van der Waals surface area contributed by atoms with Gasteiger partial charge < -0.3 is 35.0 Å². The number of nitrogens with one attached hydrogen (secondary N) is 4. The van der Waals surface area contributed by atoms with Gasteiger partial charge in [-0.15, -0.1) is 0 Å². The fraction of sp³-hybridized carbons (Fsp3) is 0.467. The number of hydrogen-bond acceptors (Lipinski definition) is 8. The van der Waals surface area contributed by atoms with Crippen LogP contribution in [0.15, 0.2) is 30.6 Å². The van der Waals surface area contributed by atoms with Crippen molar-refractivity contribution < 1.29 is 33.4 Å². The summed E-state index contributed by atoms with van der Waals surface area (Å²) in [6, 6.07) is 4.94. The van der Waals surface area contributed by atoms with Crippen LogP contribution in [0.4, 0.5) is 0 Å². The third-order valence-electron chi connectivity index (χ3n) is 7.46. The van der Waals surface area contributed by atoms with Crippen molar-refractivity contribution in [2.24, 2.45) is 18.9 Å². The van der Waals surface area contributed by atoms with Crippen LogP contribution in [0.5, 0.6) is 5.75 Å². The van der Waals surface area contributed by atoms with Gasteiger partial charge in [0, 0.05) is 30.4 Å². The largest absolute Gasteiger partial charge is 0.496 e. The molecule has 230 valence electrons. The summed E-state index contributed by atoms with van der Waals surface area (Å²) >= 11 is 0. The quantitative estimate of drug-likeness (QED) is 0.217. The number of H-pyrrole nitrogens is 1. The van der Waals surface area contributed by atoms with Crippen LogP contribution in [0.25, 0.3) is 10.9 Å². The van der Waals surface area contributed by atoms with Crippen LogP contribution < -0.4 is 20.7 Å². The molecule has 3 heterocycles. The highest BCUT2D eigenvalue weighted by atomic mass is 16.5. The lowest BCUT2D eigenvalue weighted by molar-refractivity contribution is -0.131. The Bertz CT molecular complexity index is 1500. The monoisotopic (exact) mass is 594 g/mol. The standard InChI is InChI=1S/C30H38N6O7/c1-16(2)11-22(35-29(40)23-13-19-20(33-23)7-6-8-25(19)42-5)28(39)34-21(12-18-9-10-31-27(18)38)24(37)14-43-30(41)26-17(3)32-15-36(26)4/h6-8,13,15-16,18,21-22,33H,9-12,14H2,1-5H3,(H,31,38)(H,34,39)(H,35,40)/t18-,21-,22-/m0/s1. The van der Waals surface area contributed by atoms with Gasteiger partial charge in [0.2, 0.25) is 11.8 Å². The topological polar surface area (TPSA) is 174 Å². The first-order valence-corrected chi connectivity index (χ1v) is 14.2. The van der Waals surface area contributed by atoms with Crippen LogP contribution in [-0.4, -0.2) is 76.4 Å². The first-order chi connectivity index (χ1) is 20.5. The van der Waals surface area contributed by atoms with Crippen LogP contribution in [-0.2, 0) is 26.2 Å². The Morgan fingerprint density at radius 3 is 2.56 bits per heavy atom. The number of carbonyl (C=O) groups excluding carboxylic acids is 5. The number of ketones is 1. The molecular weight excluding hydrogens is 556 g/mol. The van der Waals surface area contributed by atoms with Gasteiger partial charge in [-0.05, 0) is 50.3 Å². The van der Waals surface area contributed by atoms with E-state index in [1.54, 1.807) is 32.2 Å². The summed E-state index contributed by atoms with van der Waals surface area (Å²) in [5.74, 6) is -2.47. The molecule has 43 heavy (non-hydrogen) atoms. The van der Waals surface area contributed by atoms with E-state index in [1.165, 1.54) is 18.0 Å². The van der Waals surface area contributed by atoms with Gasteiger partial charge >= 0.3 is 5.97 Å². The van der Waals surface area contributed by atoms with Crippen LogP contribution in [0.2, 0.25) is 0 Å². The number of amides is 3. The van der Waals surface area contributed by atoms with Gasteiger partial charge in [0.05, 0.1) is 25.2 Å². The van der Waals surface area contributed by atoms with Gasteiger partial charge in [0.25, 0.3) is 5.91 Å². The Kier molecular flexibility index (Phi) is 9.84. The van der Waals surface area contributed by atoms with E-state index in [9.17, 15) is 24.0 Å². The van der Waals surface area contributed by atoms with E-state index in [0.29, 0.717) is 36.3 Å². The third-order valence-corrected chi connectivity index (χ3v) is 7.46. The average Bonchev–Trinajstić information content (AvgIpc) is 3.68. The Morgan fingerprint density at radius 2 is 1.93 bits per heavy atom. The van der Waals surface area contributed by atoms with Crippen molar-refractivity contribution >= 4 is 40.4 Å². The number of carbonyl (C=O) groups is 5. The minimum Gasteiger partial charge on any atom is -0.496 e. The molecule has 0 aliphatic carbocycles. The van der Waals surface area contributed by atoms with Crippen molar-refractivity contribution in [3.63, 3.8) is 0 Å². The molecule has 2 aromatic heterocycles.